The smallest absolute Gasteiger partial charge is 0.360 e. The number of carbonyl (C=O) groups is 1. The van der Waals surface area contributed by atoms with Crippen molar-refractivity contribution in [3.8, 4) is 0 Å². The van der Waals surface area contributed by atoms with Gasteiger partial charge in [0.15, 0.2) is 5.69 Å². The molecule has 0 amide bonds. The number of rotatable bonds is 7. The Bertz CT molecular complexity index is 550. The average molecular weight is 304 g/mol. The van der Waals surface area contributed by atoms with E-state index in [1.165, 1.54) is 11.4 Å². The lowest BCUT2D eigenvalue weighted by Crippen LogP contribution is -2.31. The van der Waals surface area contributed by atoms with Gasteiger partial charge in [-0.05, 0) is 12.3 Å². The fraction of sp³-hybridized carbons (Fsp3) is 0.667. The highest BCUT2D eigenvalue weighted by molar-refractivity contribution is 7.88. The quantitative estimate of drug-likeness (QED) is 0.705. The molecule has 1 heterocycles. The Hall–Kier alpha value is -1.41. The number of hydrogen-bond donors (Lipinski definition) is 0. The first-order valence-corrected chi connectivity index (χ1v) is 8.06. The van der Waals surface area contributed by atoms with Crippen molar-refractivity contribution < 1.29 is 22.4 Å². The van der Waals surface area contributed by atoms with E-state index in [1.807, 2.05) is 13.8 Å². The minimum absolute atomic E-state index is 0.00253. The third-order valence-electron chi connectivity index (χ3n) is 2.68. The summed E-state index contributed by atoms with van der Waals surface area (Å²) in [6.07, 6.45) is 3.03. The van der Waals surface area contributed by atoms with Crippen molar-refractivity contribution in [1.82, 2.24) is 9.29 Å². The Balaban J connectivity index is 2.79. The molecule has 1 aromatic rings. The first kappa shape index (κ1) is 16.6. The maximum Gasteiger partial charge on any atom is 0.360 e. The number of hydrogen-bond acceptors (Lipinski definition) is 6. The van der Waals surface area contributed by atoms with E-state index in [0.717, 1.165) is 18.9 Å². The molecule has 0 radical (unpaired) electrons. The number of methoxy groups -OCH3 is 1. The standard InChI is InChI=1S/C12H20N2O5S/c1-9(2)5-6-14(20(4,16)17)7-11-13-10(8-19-11)12(15)18-3/h8-9H,5-7H2,1-4H3. The van der Waals surface area contributed by atoms with Crippen LogP contribution in [-0.2, 0) is 21.3 Å². The van der Waals surface area contributed by atoms with Crippen LogP contribution >= 0.6 is 0 Å². The number of oxazole rings is 1. The summed E-state index contributed by atoms with van der Waals surface area (Å²) in [7, 11) is -2.12. The van der Waals surface area contributed by atoms with Crippen LogP contribution in [0.1, 0.15) is 36.6 Å². The molecule has 0 spiro atoms. The van der Waals surface area contributed by atoms with E-state index in [2.05, 4.69) is 9.72 Å². The molecule has 20 heavy (non-hydrogen) atoms. The Morgan fingerprint density at radius 1 is 1.50 bits per heavy atom. The highest BCUT2D eigenvalue weighted by Crippen LogP contribution is 2.12. The minimum atomic E-state index is -3.36. The largest absolute Gasteiger partial charge is 0.464 e. The monoisotopic (exact) mass is 304 g/mol. The third-order valence-corrected chi connectivity index (χ3v) is 3.93. The van der Waals surface area contributed by atoms with Gasteiger partial charge in [-0.2, -0.15) is 4.31 Å². The minimum Gasteiger partial charge on any atom is -0.464 e. The molecule has 0 atom stereocenters. The summed E-state index contributed by atoms with van der Waals surface area (Å²) in [5, 5.41) is 0. The molecule has 0 saturated heterocycles. The molecule has 0 fully saturated rings. The van der Waals surface area contributed by atoms with Gasteiger partial charge in [-0.25, -0.2) is 18.2 Å². The SMILES string of the molecule is COC(=O)c1coc(CN(CCC(C)C)S(C)(=O)=O)n1. The second kappa shape index (κ2) is 6.85. The Morgan fingerprint density at radius 3 is 2.65 bits per heavy atom. The Morgan fingerprint density at radius 2 is 2.15 bits per heavy atom. The zero-order valence-electron chi connectivity index (χ0n) is 12.1. The van der Waals surface area contributed by atoms with Crippen molar-refractivity contribution >= 4 is 16.0 Å². The van der Waals surface area contributed by atoms with Gasteiger partial charge >= 0.3 is 5.97 Å². The fourth-order valence-electron chi connectivity index (χ4n) is 1.50. The molecule has 7 nitrogen and oxygen atoms in total. The number of ether oxygens (including phenoxy) is 1. The van der Waals surface area contributed by atoms with Gasteiger partial charge in [-0.15, -0.1) is 0 Å². The van der Waals surface area contributed by atoms with Crippen molar-refractivity contribution in [1.29, 1.82) is 0 Å². The van der Waals surface area contributed by atoms with E-state index >= 15 is 0 Å². The van der Waals surface area contributed by atoms with E-state index in [-0.39, 0.29) is 18.1 Å². The molecular formula is C12H20N2O5S. The lowest BCUT2D eigenvalue weighted by atomic mass is 10.1. The number of nitrogens with zero attached hydrogens (tertiary/aromatic N) is 2. The Kier molecular flexibility index (Phi) is 5.70. The molecule has 114 valence electrons. The van der Waals surface area contributed by atoms with Gasteiger partial charge in [-0.3, -0.25) is 0 Å². The van der Waals surface area contributed by atoms with E-state index in [4.69, 9.17) is 4.42 Å². The highest BCUT2D eigenvalue weighted by atomic mass is 32.2. The first-order chi connectivity index (χ1) is 9.24. The first-order valence-electron chi connectivity index (χ1n) is 6.22. The van der Waals surface area contributed by atoms with Crippen LogP contribution < -0.4 is 0 Å². The van der Waals surface area contributed by atoms with Gasteiger partial charge in [0, 0.05) is 6.54 Å². The van der Waals surface area contributed by atoms with Crippen LogP contribution in [0.4, 0.5) is 0 Å². The molecule has 0 unspecified atom stereocenters. The summed E-state index contributed by atoms with van der Waals surface area (Å²) in [6, 6.07) is 0. The van der Waals surface area contributed by atoms with Crippen LogP contribution in [0.3, 0.4) is 0 Å². The predicted octanol–water partition coefficient (Wildman–Crippen LogP) is 1.27. The van der Waals surface area contributed by atoms with E-state index in [1.54, 1.807) is 0 Å². The molecule has 0 aliphatic carbocycles. The maximum atomic E-state index is 11.7. The van der Waals surface area contributed by atoms with E-state index in [9.17, 15) is 13.2 Å². The highest BCUT2D eigenvalue weighted by Gasteiger charge is 2.21. The van der Waals surface area contributed by atoms with Crippen LogP contribution in [0.25, 0.3) is 0 Å². The van der Waals surface area contributed by atoms with Crippen molar-refractivity contribution in [2.45, 2.75) is 26.8 Å². The zero-order valence-corrected chi connectivity index (χ0v) is 12.9. The molecule has 0 N–H and O–H groups in total. The van der Waals surface area contributed by atoms with Crippen molar-refractivity contribution in [3.63, 3.8) is 0 Å². The second-order valence-electron chi connectivity index (χ2n) is 4.90. The topological polar surface area (TPSA) is 89.7 Å². The molecule has 0 aliphatic heterocycles. The molecule has 0 aliphatic rings. The van der Waals surface area contributed by atoms with Crippen LogP contribution in [0.2, 0.25) is 0 Å². The van der Waals surface area contributed by atoms with Crippen molar-refractivity contribution in [2.75, 3.05) is 19.9 Å². The summed E-state index contributed by atoms with van der Waals surface area (Å²) >= 11 is 0. The number of carbonyl (C=O) groups excluding carboxylic acids is 1. The van der Waals surface area contributed by atoms with Gasteiger partial charge in [0.2, 0.25) is 15.9 Å². The zero-order chi connectivity index (χ0) is 15.3. The lowest BCUT2D eigenvalue weighted by molar-refractivity contribution is 0.0594. The summed E-state index contributed by atoms with van der Waals surface area (Å²) in [4.78, 5) is 15.2. The van der Waals surface area contributed by atoms with Gasteiger partial charge in [-0.1, -0.05) is 13.8 Å². The van der Waals surface area contributed by atoms with Crippen molar-refractivity contribution in [3.05, 3.63) is 17.8 Å². The summed E-state index contributed by atoms with van der Waals surface area (Å²) in [5.74, 6) is -0.0675. The van der Waals surface area contributed by atoms with Gasteiger partial charge < -0.3 is 9.15 Å². The second-order valence-corrected chi connectivity index (χ2v) is 6.88. The lowest BCUT2D eigenvalue weighted by Gasteiger charge is -2.19. The molecule has 1 aromatic heterocycles. The molecule has 8 heteroatoms. The maximum absolute atomic E-state index is 11.7. The molecule has 0 aromatic carbocycles. The number of sulfonamides is 1. The molecule has 0 saturated carbocycles. The van der Waals surface area contributed by atoms with Crippen molar-refractivity contribution in [2.24, 2.45) is 5.92 Å². The normalized spacial score (nSPS) is 12.1. The Labute approximate surface area is 119 Å². The molecule has 0 bridgehead atoms. The predicted molar refractivity (Wildman–Crippen MR) is 72.6 cm³/mol. The van der Waals surface area contributed by atoms with Crippen LogP contribution in [0.15, 0.2) is 10.7 Å². The summed E-state index contributed by atoms with van der Waals surface area (Å²) in [6.45, 7) is 4.41. The number of aromatic nitrogens is 1. The van der Waals surface area contributed by atoms with E-state index < -0.39 is 16.0 Å². The van der Waals surface area contributed by atoms with Crippen LogP contribution in [0, 0.1) is 5.92 Å². The number of esters is 1. The van der Waals surface area contributed by atoms with Gasteiger partial charge in [0.05, 0.1) is 19.9 Å². The molecule has 1 rings (SSSR count). The average Bonchev–Trinajstić information content (AvgIpc) is 2.80. The third kappa shape index (κ3) is 4.93. The van der Waals surface area contributed by atoms with Crippen LogP contribution in [-0.4, -0.2) is 43.6 Å². The van der Waals surface area contributed by atoms with Crippen LogP contribution in [0.5, 0.6) is 0 Å². The summed E-state index contributed by atoms with van der Waals surface area (Å²) < 4.78 is 34.3. The van der Waals surface area contributed by atoms with E-state index in [0.29, 0.717) is 12.5 Å². The van der Waals surface area contributed by atoms with Gasteiger partial charge in [0.1, 0.15) is 6.26 Å². The molecular weight excluding hydrogens is 284 g/mol. The summed E-state index contributed by atoms with van der Waals surface area (Å²) in [5.41, 5.74) is 0.0276. The fourth-order valence-corrected chi connectivity index (χ4v) is 2.28. The van der Waals surface area contributed by atoms with Gasteiger partial charge in [0.25, 0.3) is 0 Å².